The van der Waals surface area contributed by atoms with Gasteiger partial charge in [0, 0.05) is 12.1 Å². The molecule has 1 heterocycles. The van der Waals surface area contributed by atoms with Crippen molar-refractivity contribution in [3.05, 3.63) is 18.2 Å². The minimum atomic E-state index is 0.173. The zero-order valence-corrected chi connectivity index (χ0v) is 14.3. The van der Waals surface area contributed by atoms with Crippen LogP contribution < -0.4 is 5.32 Å². The highest BCUT2D eigenvalue weighted by Crippen LogP contribution is 2.49. The van der Waals surface area contributed by atoms with E-state index in [1.807, 2.05) is 24.5 Å². The number of nitrogens with zero attached hydrogens (tertiary/aromatic N) is 1. The zero-order valence-electron chi connectivity index (χ0n) is 12.7. The molecule has 2 saturated carbocycles. The lowest BCUT2D eigenvalue weighted by Gasteiger charge is -2.20. The molecule has 2 bridgehead atoms. The number of carbonyl (C=O) groups is 1. The highest BCUT2D eigenvalue weighted by molar-refractivity contribution is 8.00. The van der Waals surface area contributed by atoms with E-state index < -0.39 is 0 Å². The molecule has 5 heteroatoms. The van der Waals surface area contributed by atoms with Crippen molar-refractivity contribution in [1.29, 1.82) is 0 Å². The predicted molar refractivity (Wildman–Crippen MR) is 93.6 cm³/mol. The second-order valence-corrected chi connectivity index (χ2v) is 8.64. The number of anilines is 1. The molecule has 0 radical (unpaired) electrons. The summed E-state index contributed by atoms with van der Waals surface area (Å²) < 4.78 is 2.21. The average molecular weight is 332 g/mol. The van der Waals surface area contributed by atoms with E-state index >= 15 is 0 Å². The topological polar surface area (TPSA) is 42.0 Å². The largest absolute Gasteiger partial charge is 0.326 e. The Bertz CT molecular complexity index is 712. The molecule has 0 saturated heterocycles. The van der Waals surface area contributed by atoms with Crippen LogP contribution in [-0.2, 0) is 4.79 Å². The van der Waals surface area contributed by atoms with Gasteiger partial charge in [-0.1, -0.05) is 18.2 Å². The number of thioether (sulfide) groups is 1. The van der Waals surface area contributed by atoms with Gasteiger partial charge in [-0.2, -0.15) is 0 Å². The zero-order chi connectivity index (χ0) is 15.1. The number of nitrogens with one attached hydrogen (secondary N) is 1. The van der Waals surface area contributed by atoms with Crippen LogP contribution in [0, 0.1) is 17.8 Å². The molecule has 0 spiro atoms. The molecule has 3 atom stereocenters. The molecule has 3 nitrogen and oxygen atoms in total. The molecule has 0 aliphatic heterocycles. The van der Waals surface area contributed by atoms with Crippen molar-refractivity contribution in [2.24, 2.45) is 17.8 Å². The van der Waals surface area contributed by atoms with Crippen molar-refractivity contribution in [2.75, 3.05) is 11.6 Å². The van der Waals surface area contributed by atoms with Crippen LogP contribution in [0.1, 0.15) is 32.1 Å². The van der Waals surface area contributed by atoms with Crippen LogP contribution in [0.4, 0.5) is 5.69 Å². The van der Waals surface area contributed by atoms with Crippen molar-refractivity contribution in [3.63, 3.8) is 0 Å². The first-order valence-corrected chi connectivity index (χ1v) is 10.00. The molecule has 2 aromatic rings. The molecule has 4 rings (SSSR count). The fourth-order valence-corrected chi connectivity index (χ4v) is 5.67. The third-order valence-electron chi connectivity index (χ3n) is 5.16. The fraction of sp³-hybridized carbons (Fsp3) is 0.529. The molecular weight excluding hydrogens is 312 g/mol. The Morgan fingerprint density at radius 2 is 2.32 bits per heavy atom. The number of hydrogen-bond donors (Lipinski definition) is 1. The molecule has 0 unspecified atom stereocenters. The van der Waals surface area contributed by atoms with E-state index in [2.05, 4.69) is 10.3 Å². The second kappa shape index (κ2) is 5.85. The molecule has 22 heavy (non-hydrogen) atoms. The van der Waals surface area contributed by atoms with Crippen molar-refractivity contribution in [2.45, 2.75) is 36.4 Å². The molecule has 1 aromatic heterocycles. The van der Waals surface area contributed by atoms with Gasteiger partial charge in [0.2, 0.25) is 5.91 Å². The number of benzene rings is 1. The van der Waals surface area contributed by atoms with Gasteiger partial charge in [-0.05, 0) is 61.5 Å². The van der Waals surface area contributed by atoms with Gasteiger partial charge in [0.05, 0.1) is 10.2 Å². The Morgan fingerprint density at radius 1 is 1.41 bits per heavy atom. The van der Waals surface area contributed by atoms with Crippen LogP contribution in [0.3, 0.4) is 0 Å². The lowest BCUT2D eigenvalue weighted by Crippen LogP contribution is -2.20. The van der Waals surface area contributed by atoms with E-state index in [1.165, 1.54) is 25.7 Å². The first-order valence-electron chi connectivity index (χ1n) is 7.95. The highest BCUT2D eigenvalue weighted by Gasteiger charge is 2.40. The van der Waals surface area contributed by atoms with Crippen molar-refractivity contribution in [3.8, 4) is 0 Å². The number of fused-ring (bicyclic) bond motifs is 3. The maximum Gasteiger partial charge on any atom is 0.224 e. The van der Waals surface area contributed by atoms with E-state index in [1.54, 1.807) is 23.1 Å². The van der Waals surface area contributed by atoms with Gasteiger partial charge >= 0.3 is 0 Å². The van der Waals surface area contributed by atoms with E-state index in [4.69, 9.17) is 0 Å². The molecular formula is C17H20N2OS2. The first-order chi connectivity index (χ1) is 10.7. The van der Waals surface area contributed by atoms with Gasteiger partial charge < -0.3 is 5.32 Å². The van der Waals surface area contributed by atoms with Crippen molar-refractivity contribution >= 4 is 44.9 Å². The van der Waals surface area contributed by atoms with E-state index in [9.17, 15) is 4.79 Å². The van der Waals surface area contributed by atoms with E-state index in [-0.39, 0.29) is 5.91 Å². The maximum atomic E-state index is 12.3. The minimum absolute atomic E-state index is 0.173. The summed E-state index contributed by atoms with van der Waals surface area (Å²) in [5.41, 5.74) is 1.91. The minimum Gasteiger partial charge on any atom is -0.326 e. The van der Waals surface area contributed by atoms with Crippen LogP contribution in [0.25, 0.3) is 10.2 Å². The van der Waals surface area contributed by atoms with E-state index in [0.717, 1.165) is 32.1 Å². The van der Waals surface area contributed by atoms with Crippen LogP contribution in [0.2, 0.25) is 0 Å². The molecule has 2 fully saturated rings. The standard InChI is InChI=1S/C17H20N2OS2/c1-21-17-19-14-5-4-13(9-15(14)22-17)18-16(20)8-12-7-10-2-3-11(12)6-10/h4-5,9-12H,2-3,6-8H2,1H3,(H,18,20)/t10-,11-,12-/m0/s1. The Labute approximate surface area is 138 Å². The summed E-state index contributed by atoms with van der Waals surface area (Å²) in [5, 5.41) is 3.08. The summed E-state index contributed by atoms with van der Waals surface area (Å²) in [7, 11) is 0. The molecule has 1 amide bonds. The molecule has 2 aliphatic carbocycles. The highest BCUT2D eigenvalue weighted by atomic mass is 32.2. The third-order valence-corrected chi connectivity index (χ3v) is 7.16. The van der Waals surface area contributed by atoms with Gasteiger partial charge in [0.15, 0.2) is 4.34 Å². The Morgan fingerprint density at radius 3 is 3.05 bits per heavy atom. The fourth-order valence-electron chi connectivity index (χ4n) is 4.15. The van der Waals surface area contributed by atoms with Gasteiger partial charge in [-0.3, -0.25) is 4.79 Å². The Kier molecular flexibility index (Phi) is 3.86. The third kappa shape index (κ3) is 2.76. The number of hydrogen-bond acceptors (Lipinski definition) is 4. The Hall–Kier alpha value is -1.07. The summed E-state index contributed by atoms with van der Waals surface area (Å²) in [5.74, 6) is 2.51. The monoisotopic (exact) mass is 332 g/mol. The Balaban J connectivity index is 1.42. The van der Waals surface area contributed by atoms with Gasteiger partial charge in [-0.15, -0.1) is 11.3 Å². The van der Waals surface area contributed by atoms with Gasteiger partial charge in [0.25, 0.3) is 0 Å². The van der Waals surface area contributed by atoms with Crippen molar-refractivity contribution < 1.29 is 4.79 Å². The lowest BCUT2D eigenvalue weighted by molar-refractivity contribution is -0.117. The number of amides is 1. The summed E-state index contributed by atoms with van der Waals surface area (Å²) in [4.78, 5) is 16.8. The van der Waals surface area contributed by atoms with Crippen LogP contribution in [-0.4, -0.2) is 17.1 Å². The number of thiazole rings is 1. The summed E-state index contributed by atoms with van der Waals surface area (Å²) in [6.45, 7) is 0. The van der Waals surface area contributed by atoms with Crippen LogP contribution >= 0.6 is 23.1 Å². The molecule has 2 aliphatic rings. The summed E-state index contributed by atoms with van der Waals surface area (Å²) in [6.07, 6.45) is 8.09. The van der Waals surface area contributed by atoms with Gasteiger partial charge in [0.1, 0.15) is 0 Å². The smallest absolute Gasteiger partial charge is 0.224 e. The second-order valence-electron chi connectivity index (χ2n) is 6.55. The number of aromatic nitrogens is 1. The number of carbonyl (C=O) groups excluding carboxylic acids is 1. The van der Waals surface area contributed by atoms with E-state index in [0.29, 0.717) is 12.3 Å². The predicted octanol–water partition coefficient (Wildman–Crippen LogP) is 4.78. The molecule has 1 aromatic carbocycles. The summed E-state index contributed by atoms with van der Waals surface area (Å²) >= 11 is 3.34. The van der Waals surface area contributed by atoms with Crippen molar-refractivity contribution in [1.82, 2.24) is 4.98 Å². The lowest BCUT2D eigenvalue weighted by atomic mass is 9.86. The normalized spacial score (nSPS) is 26.7. The van der Waals surface area contributed by atoms with Gasteiger partial charge in [-0.25, -0.2) is 4.98 Å². The molecule has 1 N–H and O–H groups in total. The first kappa shape index (κ1) is 14.5. The van der Waals surface area contributed by atoms with Crippen LogP contribution in [0.15, 0.2) is 22.5 Å². The molecule has 116 valence electrons. The summed E-state index contributed by atoms with van der Waals surface area (Å²) in [6, 6.07) is 6.01. The maximum absolute atomic E-state index is 12.3. The average Bonchev–Trinajstić information content (AvgIpc) is 3.20. The van der Waals surface area contributed by atoms with Crippen LogP contribution in [0.5, 0.6) is 0 Å². The number of rotatable bonds is 4. The quantitative estimate of drug-likeness (QED) is 0.819. The SMILES string of the molecule is CSc1nc2ccc(NC(=O)C[C@@H]3C[C@H]4CC[C@H]3C4)cc2s1.